The van der Waals surface area contributed by atoms with Crippen LogP contribution < -0.4 is 5.32 Å². The van der Waals surface area contributed by atoms with Gasteiger partial charge in [-0.15, -0.1) is 0 Å². The highest BCUT2D eigenvalue weighted by Crippen LogP contribution is 2.24. The van der Waals surface area contributed by atoms with Crippen LogP contribution in [0.25, 0.3) is 0 Å². The molecule has 146 valence electrons. The molecular formula is C16H27N5O4S. The van der Waals surface area contributed by atoms with Crippen LogP contribution in [0.4, 0.5) is 0 Å². The van der Waals surface area contributed by atoms with Crippen LogP contribution in [0.1, 0.15) is 18.4 Å². The Bertz CT molecular complexity index is 735. The van der Waals surface area contributed by atoms with Gasteiger partial charge in [-0.25, -0.2) is 8.42 Å². The molecule has 3 rings (SSSR count). The van der Waals surface area contributed by atoms with E-state index in [0.717, 1.165) is 19.6 Å². The Morgan fingerprint density at radius 1 is 1.23 bits per heavy atom. The van der Waals surface area contributed by atoms with E-state index in [1.807, 2.05) is 0 Å². The Morgan fingerprint density at radius 3 is 2.50 bits per heavy atom. The first-order valence-electron chi connectivity index (χ1n) is 8.96. The van der Waals surface area contributed by atoms with Crippen molar-refractivity contribution >= 4 is 15.9 Å². The van der Waals surface area contributed by atoms with E-state index in [-0.39, 0.29) is 23.9 Å². The number of sulfonamides is 1. The first-order valence-corrected chi connectivity index (χ1v) is 10.4. The number of carbonyl (C=O) groups excluding carboxylic acids is 1. The zero-order valence-corrected chi connectivity index (χ0v) is 16.4. The lowest BCUT2D eigenvalue weighted by molar-refractivity contribution is -0.134. The van der Waals surface area contributed by atoms with E-state index in [0.29, 0.717) is 37.1 Å². The second-order valence-electron chi connectivity index (χ2n) is 6.96. The third kappa shape index (κ3) is 3.78. The second kappa shape index (κ2) is 7.63. The predicted molar refractivity (Wildman–Crippen MR) is 95.2 cm³/mol. The molecule has 1 aromatic rings. The van der Waals surface area contributed by atoms with Crippen molar-refractivity contribution in [3.63, 3.8) is 0 Å². The molecule has 0 aromatic carbocycles. The number of hydrogen-bond donors (Lipinski definition) is 1. The van der Waals surface area contributed by atoms with Gasteiger partial charge in [0.15, 0.2) is 5.76 Å². The maximum Gasteiger partial charge on any atom is 0.248 e. The van der Waals surface area contributed by atoms with Crippen LogP contribution in [-0.4, -0.2) is 92.0 Å². The number of hydrogen-bond acceptors (Lipinski definition) is 7. The van der Waals surface area contributed by atoms with Crippen LogP contribution in [0, 0.1) is 13.8 Å². The monoisotopic (exact) mass is 385 g/mol. The summed E-state index contributed by atoms with van der Waals surface area (Å²) in [4.78, 5) is 16.7. The van der Waals surface area contributed by atoms with Crippen molar-refractivity contribution in [1.82, 2.24) is 24.6 Å². The standard InChI is InChI=1S/C16H27N5O4S/c1-12-10-17-4-5-20(12)11-15(22)19-6-8-21(9-7-19)26(23,24)16-13(2)18-25-14(16)3/h12,17H,4-11H2,1-3H3/t12-/m0/s1. The molecule has 0 radical (unpaired) electrons. The summed E-state index contributed by atoms with van der Waals surface area (Å²) in [5, 5.41) is 7.05. The molecule has 1 N–H and O–H groups in total. The molecule has 1 atom stereocenters. The first-order chi connectivity index (χ1) is 12.3. The summed E-state index contributed by atoms with van der Waals surface area (Å²) in [7, 11) is -3.64. The molecule has 10 heteroatoms. The van der Waals surface area contributed by atoms with Crippen LogP contribution in [-0.2, 0) is 14.8 Å². The fraction of sp³-hybridized carbons (Fsp3) is 0.750. The summed E-state index contributed by atoms with van der Waals surface area (Å²) in [5.74, 6) is 0.363. The highest BCUT2D eigenvalue weighted by atomic mass is 32.2. The fourth-order valence-electron chi connectivity index (χ4n) is 3.54. The molecule has 2 aliphatic heterocycles. The minimum absolute atomic E-state index is 0.0631. The number of amides is 1. The Labute approximate surface area is 154 Å². The zero-order chi connectivity index (χ0) is 18.9. The summed E-state index contributed by atoms with van der Waals surface area (Å²) < 4.78 is 32.1. The van der Waals surface area contributed by atoms with Gasteiger partial charge in [0.2, 0.25) is 15.9 Å². The van der Waals surface area contributed by atoms with Gasteiger partial charge in [0.25, 0.3) is 0 Å². The molecule has 2 fully saturated rings. The average molecular weight is 385 g/mol. The number of nitrogens with one attached hydrogen (secondary N) is 1. The Balaban J connectivity index is 1.59. The van der Waals surface area contributed by atoms with E-state index in [9.17, 15) is 13.2 Å². The van der Waals surface area contributed by atoms with Crippen molar-refractivity contribution in [2.45, 2.75) is 31.7 Å². The topological polar surface area (TPSA) is 99.0 Å². The summed E-state index contributed by atoms with van der Waals surface area (Å²) in [6.45, 7) is 9.73. The molecule has 26 heavy (non-hydrogen) atoms. The van der Waals surface area contributed by atoms with Gasteiger partial charge < -0.3 is 14.7 Å². The smallest absolute Gasteiger partial charge is 0.248 e. The van der Waals surface area contributed by atoms with Crippen LogP contribution >= 0.6 is 0 Å². The molecule has 0 bridgehead atoms. The van der Waals surface area contributed by atoms with Crippen LogP contribution in [0.5, 0.6) is 0 Å². The fourth-order valence-corrected chi connectivity index (χ4v) is 5.25. The average Bonchev–Trinajstić information content (AvgIpc) is 2.96. The van der Waals surface area contributed by atoms with Gasteiger partial charge in [-0.2, -0.15) is 4.31 Å². The normalized spacial score (nSPS) is 23.3. The summed E-state index contributed by atoms with van der Waals surface area (Å²) in [6, 6.07) is 0.328. The van der Waals surface area contributed by atoms with Gasteiger partial charge in [0.05, 0.1) is 6.54 Å². The number of rotatable bonds is 4. The third-order valence-corrected chi connectivity index (χ3v) is 7.28. The lowest BCUT2D eigenvalue weighted by Gasteiger charge is -2.37. The maximum absolute atomic E-state index is 12.8. The van der Waals surface area contributed by atoms with Crippen molar-refractivity contribution in [3.05, 3.63) is 11.5 Å². The largest absolute Gasteiger partial charge is 0.360 e. The van der Waals surface area contributed by atoms with Crippen molar-refractivity contribution < 1.29 is 17.7 Å². The quantitative estimate of drug-likeness (QED) is 0.740. The van der Waals surface area contributed by atoms with E-state index < -0.39 is 10.0 Å². The van der Waals surface area contributed by atoms with E-state index >= 15 is 0 Å². The molecule has 3 heterocycles. The van der Waals surface area contributed by atoms with Gasteiger partial charge in [0.1, 0.15) is 10.6 Å². The predicted octanol–water partition coefficient (Wildman–Crippen LogP) is -0.582. The van der Waals surface area contributed by atoms with Gasteiger partial charge in [0, 0.05) is 51.9 Å². The molecule has 0 saturated carbocycles. The van der Waals surface area contributed by atoms with Crippen molar-refractivity contribution in [3.8, 4) is 0 Å². The third-order valence-electron chi connectivity index (χ3n) is 5.13. The SMILES string of the molecule is Cc1noc(C)c1S(=O)(=O)N1CCN(C(=O)CN2CCNC[C@@H]2C)CC1. The molecule has 0 unspecified atom stereocenters. The van der Waals surface area contributed by atoms with Crippen molar-refractivity contribution in [2.24, 2.45) is 0 Å². The van der Waals surface area contributed by atoms with Crippen molar-refractivity contribution in [2.75, 3.05) is 52.4 Å². The number of carbonyl (C=O) groups is 1. The summed E-state index contributed by atoms with van der Waals surface area (Å²) >= 11 is 0. The van der Waals surface area contributed by atoms with Gasteiger partial charge in [-0.3, -0.25) is 9.69 Å². The van der Waals surface area contributed by atoms with E-state index in [4.69, 9.17) is 4.52 Å². The van der Waals surface area contributed by atoms with Gasteiger partial charge in [-0.1, -0.05) is 5.16 Å². The summed E-state index contributed by atoms with van der Waals surface area (Å²) in [6.07, 6.45) is 0. The molecule has 9 nitrogen and oxygen atoms in total. The zero-order valence-electron chi connectivity index (χ0n) is 15.6. The van der Waals surface area contributed by atoms with Crippen molar-refractivity contribution in [1.29, 1.82) is 0 Å². The molecular weight excluding hydrogens is 358 g/mol. The molecule has 1 amide bonds. The van der Waals surface area contributed by atoms with Crippen LogP contribution in [0.3, 0.4) is 0 Å². The van der Waals surface area contributed by atoms with Gasteiger partial charge >= 0.3 is 0 Å². The number of aryl methyl sites for hydroxylation is 2. The minimum Gasteiger partial charge on any atom is -0.360 e. The molecule has 0 spiro atoms. The van der Waals surface area contributed by atoms with E-state index in [1.54, 1.807) is 18.7 Å². The number of nitrogens with zero attached hydrogens (tertiary/aromatic N) is 4. The first kappa shape index (κ1) is 19.3. The molecule has 0 aliphatic carbocycles. The highest BCUT2D eigenvalue weighted by molar-refractivity contribution is 7.89. The lowest BCUT2D eigenvalue weighted by Crippen LogP contribution is -2.56. The van der Waals surface area contributed by atoms with Crippen LogP contribution in [0.15, 0.2) is 9.42 Å². The van der Waals surface area contributed by atoms with Gasteiger partial charge in [-0.05, 0) is 20.8 Å². The number of piperazine rings is 2. The van der Waals surface area contributed by atoms with E-state index in [1.165, 1.54) is 4.31 Å². The Kier molecular flexibility index (Phi) is 5.66. The molecule has 2 aliphatic rings. The second-order valence-corrected chi connectivity index (χ2v) is 8.84. The Hall–Kier alpha value is -1.49. The van der Waals surface area contributed by atoms with Crippen LogP contribution in [0.2, 0.25) is 0 Å². The van der Waals surface area contributed by atoms with E-state index in [2.05, 4.69) is 22.3 Å². The highest BCUT2D eigenvalue weighted by Gasteiger charge is 2.34. The number of aromatic nitrogens is 1. The molecule has 2 saturated heterocycles. The Morgan fingerprint density at radius 2 is 1.92 bits per heavy atom. The summed E-state index contributed by atoms with van der Waals surface area (Å²) in [5.41, 5.74) is 0.369. The lowest BCUT2D eigenvalue weighted by atomic mass is 10.2. The molecule has 1 aromatic heterocycles. The minimum atomic E-state index is -3.64. The maximum atomic E-state index is 12.8.